The summed E-state index contributed by atoms with van der Waals surface area (Å²) >= 11 is 0. The number of sulfonamides is 1. The zero-order valence-electron chi connectivity index (χ0n) is 16.5. The van der Waals surface area contributed by atoms with Crippen molar-refractivity contribution in [3.63, 3.8) is 0 Å². The molecule has 0 aromatic heterocycles. The average molecular weight is 410 g/mol. The number of benzene rings is 1. The van der Waals surface area contributed by atoms with Gasteiger partial charge in [-0.25, -0.2) is 8.42 Å². The van der Waals surface area contributed by atoms with E-state index in [2.05, 4.69) is 5.32 Å². The summed E-state index contributed by atoms with van der Waals surface area (Å²) in [5, 5.41) is 13.5. The monoisotopic (exact) mass is 409 g/mol. The van der Waals surface area contributed by atoms with Crippen molar-refractivity contribution in [2.45, 2.75) is 63.3 Å². The van der Waals surface area contributed by atoms with Gasteiger partial charge in [0.05, 0.1) is 16.9 Å². The van der Waals surface area contributed by atoms with Gasteiger partial charge in [-0.1, -0.05) is 38.8 Å². The number of hydrogen-bond acceptors (Lipinski definition) is 5. The molecule has 1 fully saturated rings. The Morgan fingerprint density at radius 1 is 1.07 bits per heavy atom. The molecular formula is C20H29N2O5S-. The van der Waals surface area contributed by atoms with E-state index in [0.29, 0.717) is 19.5 Å². The Labute approximate surface area is 167 Å². The van der Waals surface area contributed by atoms with Crippen molar-refractivity contribution in [1.29, 1.82) is 0 Å². The molecule has 1 aliphatic rings. The number of nitrogens with zero attached hydrogens (tertiary/aromatic N) is 1. The Kier molecular flexibility index (Phi) is 8.00. The van der Waals surface area contributed by atoms with Crippen molar-refractivity contribution in [3.8, 4) is 0 Å². The van der Waals surface area contributed by atoms with Crippen LogP contribution in [0.2, 0.25) is 0 Å². The van der Waals surface area contributed by atoms with E-state index in [1.54, 1.807) is 42.4 Å². The van der Waals surface area contributed by atoms with Crippen molar-refractivity contribution in [3.05, 3.63) is 29.8 Å². The summed E-state index contributed by atoms with van der Waals surface area (Å²) < 4.78 is 27.1. The first-order valence-electron chi connectivity index (χ1n) is 9.81. The molecule has 1 heterocycles. The van der Waals surface area contributed by atoms with Gasteiger partial charge >= 0.3 is 0 Å². The molecule has 1 aromatic rings. The summed E-state index contributed by atoms with van der Waals surface area (Å²) in [6.07, 6.45) is 4.40. The van der Waals surface area contributed by atoms with Gasteiger partial charge in [0.1, 0.15) is 0 Å². The number of rotatable bonds is 8. The van der Waals surface area contributed by atoms with Crippen molar-refractivity contribution >= 4 is 21.9 Å². The van der Waals surface area contributed by atoms with Crippen LogP contribution in [0.3, 0.4) is 0 Å². The lowest BCUT2D eigenvalue weighted by molar-refractivity contribution is -0.309. The van der Waals surface area contributed by atoms with Crippen LogP contribution in [0.25, 0.3) is 0 Å². The first-order valence-corrected chi connectivity index (χ1v) is 11.2. The third-order valence-electron chi connectivity index (χ3n) is 5.00. The molecule has 0 unspecified atom stereocenters. The third kappa shape index (κ3) is 6.04. The second-order valence-corrected chi connectivity index (χ2v) is 9.51. The fraction of sp³-hybridized carbons (Fsp3) is 0.600. The first-order chi connectivity index (χ1) is 13.2. The SMILES string of the molecule is CC(C)[C@H](NC(=O)CCc1ccc(S(=O)(=O)N2CCCCCC2)cc1)C(=O)[O-]. The molecule has 28 heavy (non-hydrogen) atoms. The van der Waals surface area contributed by atoms with Gasteiger partial charge in [0.2, 0.25) is 15.9 Å². The zero-order valence-corrected chi connectivity index (χ0v) is 17.3. The molecule has 1 N–H and O–H groups in total. The van der Waals surface area contributed by atoms with Crippen LogP contribution >= 0.6 is 0 Å². The lowest BCUT2D eigenvalue weighted by atomic mass is 10.0. The summed E-state index contributed by atoms with van der Waals surface area (Å²) in [5.74, 6) is -1.94. The van der Waals surface area contributed by atoms with Gasteiger partial charge in [0.15, 0.2) is 0 Å². The van der Waals surface area contributed by atoms with Crippen LogP contribution in [-0.4, -0.2) is 43.7 Å². The Balaban J connectivity index is 1.95. The van der Waals surface area contributed by atoms with Gasteiger partial charge in [-0.3, -0.25) is 4.79 Å². The minimum Gasteiger partial charge on any atom is -0.548 e. The molecule has 7 nitrogen and oxygen atoms in total. The lowest BCUT2D eigenvalue weighted by Gasteiger charge is -2.23. The number of carbonyl (C=O) groups is 2. The van der Waals surface area contributed by atoms with Gasteiger partial charge < -0.3 is 15.2 Å². The second kappa shape index (κ2) is 10.0. The molecule has 0 bridgehead atoms. The van der Waals surface area contributed by atoms with Gasteiger partial charge in [-0.05, 0) is 42.9 Å². The highest BCUT2D eigenvalue weighted by atomic mass is 32.2. The van der Waals surface area contributed by atoms with E-state index < -0.39 is 22.0 Å². The van der Waals surface area contributed by atoms with E-state index in [0.717, 1.165) is 31.2 Å². The quantitative estimate of drug-likeness (QED) is 0.691. The second-order valence-electron chi connectivity index (χ2n) is 7.57. The maximum Gasteiger partial charge on any atom is 0.243 e. The Morgan fingerprint density at radius 3 is 2.14 bits per heavy atom. The van der Waals surface area contributed by atoms with Crippen LogP contribution in [0.1, 0.15) is 51.5 Å². The smallest absolute Gasteiger partial charge is 0.243 e. The highest BCUT2D eigenvalue weighted by molar-refractivity contribution is 7.89. The lowest BCUT2D eigenvalue weighted by Crippen LogP contribution is -2.50. The first kappa shape index (κ1) is 22.4. The summed E-state index contributed by atoms with van der Waals surface area (Å²) in [7, 11) is -3.49. The highest BCUT2D eigenvalue weighted by Crippen LogP contribution is 2.21. The Bertz CT molecular complexity index is 766. The van der Waals surface area contributed by atoms with E-state index in [1.165, 1.54) is 0 Å². The van der Waals surface area contributed by atoms with E-state index in [4.69, 9.17) is 0 Å². The molecule has 1 amide bonds. The van der Waals surface area contributed by atoms with Crippen LogP contribution in [0.5, 0.6) is 0 Å². The molecular weight excluding hydrogens is 380 g/mol. The number of amides is 1. The third-order valence-corrected chi connectivity index (χ3v) is 6.92. The average Bonchev–Trinajstić information content (AvgIpc) is 2.94. The van der Waals surface area contributed by atoms with Crippen LogP contribution in [0, 0.1) is 5.92 Å². The van der Waals surface area contributed by atoms with Crippen molar-refractivity contribution in [1.82, 2.24) is 9.62 Å². The molecule has 0 spiro atoms. The van der Waals surface area contributed by atoms with E-state index in [1.807, 2.05) is 0 Å². The minimum atomic E-state index is -3.49. The summed E-state index contributed by atoms with van der Waals surface area (Å²) in [4.78, 5) is 23.3. The standard InChI is InChI=1S/C20H30N2O5S/c1-15(2)19(20(24)25)21-18(23)12-9-16-7-10-17(11-8-16)28(26,27)22-13-5-3-4-6-14-22/h7-8,10-11,15,19H,3-6,9,12-14H2,1-2H3,(H,21,23)(H,24,25)/p-1/t19-/m0/s1. The molecule has 156 valence electrons. The fourth-order valence-corrected chi connectivity index (χ4v) is 4.78. The molecule has 0 aliphatic carbocycles. The molecule has 1 atom stereocenters. The normalized spacial score (nSPS) is 17.1. The number of carboxylic acids is 1. The maximum atomic E-state index is 12.8. The predicted molar refractivity (Wildman–Crippen MR) is 104 cm³/mol. The number of aryl methyl sites for hydroxylation is 1. The van der Waals surface area contributed by atoms with Crippen molar-refractivity contribution in [2.75, 3.05) is 13.1 Å². The van der Waals surface area contributed by atoms with Crippen LogP contribution in [0.15, 0.2) is 29.2 Å². The van der Waals surface area contributed by atoms with E-state index in [9.17, 15) is 23.1 Å². The number of hydrogen-bond donors (Lipinski definition) is 1. The van der Waals surface area contributed by atoms with Crippen LogP contribution in [-0.2, 0) is 26.0 Å². The maximum absolute atomic E-state index is 12.8. The molecule has 1 aromatic carbocycles. The number of aliphatic carboxylic acids is 1. The van der Waals surface area contributed by atoms with E-state index >= 15 is 0 Å². The Morgan fingerprint density at radius 2 is 1.64 bits per heavy atom. The number of carbonyl (C=O) groups excluding carboxylic acids is 2. The molecule has 1 saturated heterocycles. The minimum absolute atomic E-state index is 0.120. The Hall–Kier alpha value is -1.93. The van der Waals surface area contributed by atoms with Gasteiger partial charge in [-0.2, -0.15) is 4.31 Å². The summed E-state index contributed by atoms with van der Waals surface area (Å²) in [5.41, 5.74) is 0.819. The van der Waals surface area contributed by atoms with Crippen molar-refractivity contribution < 1.29 is 23.1 Å². The summed E-state index contributed by atoms with van der Waals surface area (Å²) in [6.45, 7) is 4.51. The largest absolute Gasteiger partial charge is 0.548 e. The summed E-state index contributed by atoms with van der Waals surface area (Å²) in [6, 6.07) is 5.54. The molecule has 0 radical (unpaired) electrons. The zero-order chi connectivity index (χ0) is 20.7. The van der Waals surface area contributed by atoms with Crippen LogP contribution < -0.4 is 10.4 Å². The van der Waals surface area contributed by atoms with Crippen LogP contribution in [0.4, 0.5) is 0 Å². The predicted octanol–water partition coefficient (Wildman–Crippen LogP) is 1.07. The molecule has 8 heteroatoms. The molecule has 2 rings (SSSR count). The molecule has 0 saturated carbocycles. The topological polar surface area (TPSA) is 107 Å². The number of carboxylic acid groups (broad SMARTS) is 1. The van der Waals surface area contributed by atoms with Crippen molar-refractivity contribution in [2.24, 2.45) is 5.92 Å². The van der Waals surface area contributed by atoms with Gasteiger partial charge in [0.25, 0.3) is 0 Å². The number of nitrogens with one attached hydrogen (secondary N) is 1. The van der Waals surface area contributed by atoms with Gasteiger partial charge in [0, 0.05) is 19.5 Å². The fourth-order valence-electron chi connectivity index (χ4n) is 3.26. The highest BCUT2D eigenvalue weighted by Gasteiger charge is 2.25. The van der Waals surface area contributed by atoms with E-state index in [-0.39, 0.29) is 23.1 Å². The molecule has 1 aliphatic heterocycles. The van der Waals surface area contributed by atoms with Gasteiger partial charge in [-0.15, -0.1) is 0 Å².